The first-order valence-electron chi connectivity index (χ1n) is 11.9. The molecular weight excluding hydrogens is 695 g/mol. The average Bonchev–Trinajstić information content (AvgIpc) is 2.88. The third-order valence-corrected chi connectivity index (χ3v) is 9.06. The highest BCUT2D eigenvalue weighted by atomic mass is 35.5. The van der Waals surface area contributed by atoms with E-state index in [0.717, 1.165) is 0 Å². The fraction of sp³-hybridized carbons (Fsp3) is 0.259. The molecule has 0 saturated carbocycles. The van der Waals surface area contributed by atoms with Crippen LogP contribution in [0.3, 0.4) is 0 Å². The van der Waals surface area contributed by atoms with E-state index in [2.05, 4.69) is 5.32 Å². The van der Waals surface area contributed by atoms with Gasteiger partial charge in [-0.05, 0) is 62.7 Å². The third kappa shape index (κ3) is 9.11. The Labute approximate surface area is 272 Å². The molecule has 0 aromatic heterocycles. The predicted molar refractivity (Wildman–Crippen MR) is 166 cm³/mol. The zero-order valence-electron chi connectivity index (χ0n) is 22.1. The van der Waals surface area contributed by atoms with Crippen LogP contribution in [0.4, 0.5) is 0 Å². The minimum absolute atomic E-state index is 0.0663. The Morgan fingerprint density at radius 1 is 0.786 bits per heavy atom. The molecule has 0 spiro atoms. The molecule has 0 bridgehead atoms. The van der Waals surface area contributed by atoms with Gasteiger partial charge in [0.25, 0.3) is 10.1 Å². The maximum atomic E-state index is 13.2. The number of hydrogen-bond acceptors (Lipinski definition) is 7. The number of carbonyl (C=O) groups is 2. The highest BCUT2D eigenvalue weighted by Gasteiger charge is 2.26. The van der Waals surface area contributed by atoms with Crippen LogP contribution in [0.2, 0.25) is 30.1 Å². The number of rotatable bonds is 9. The van der Waals surface area contributed by atoms with Gasteiger partial charge in [0.2, 0.25) is 0 Å². The van der Waals surface area contributed by atoms with Gasteiger partial charge in [-0.25, -0.2) is 9.59 Å². The van der Waals surface area contributed by atoms with Crippen molar-refractivity contribution in [2.24, 2.45) is 0 Å². The number of hydrogen-bond donors (Lipinski definition) is 2. The summed E-state index contributed by atoms with van der Waals surface area (Å²) in [5.41, 5.74) is -0.338. The Kier molecular flexibility index (Phi) is 11.5. The van der Waals surface area contributed by atoms with Gasteiger partial charge in [-0.1, -0.05) is 75.7 Å². The first-order chi connectivity index (χ1) is 19.4. The molecule has 1 unspecified atom stereocenters. The van der Waals surface area contributed by atoms with Crippen molar-refractivity contribution >= 4 is 91.7 Å². The molecule has 2 N–H and O–H groups in total. The number of carbonyl (C=O) groups excluding carboxylic acids is 2. The molecule has 0 fully saturated rings. The second-order valence-electron chi connectivity index (χ2n) is 10.0. The van der Waals surface area contributed by atoms with E-state index in [1.165, 1.54) is 42.5 Å². The fourth-order valence-electron chi connectivity index (χ4n) is 3.58. The number of esters is 2. The van der Waals surface area contributed by atoms with Crippen molar-refractivity contribution in [1.82, 2.24) is 5.32 Å². The second kappa shape index (κ2) is 13.9. The molecular formula is C27H23Cl6NO7S. The van der Waals surface area contributed by atoms with Crippen LogP contribution in [-0.4, -0.2) is 42.7 Å². The largest absolute Gasteiger partial charge is 0.419 e. The molecule has 3 aromatic rings. The summed E-state index contributed by atoms with van der Waals surface area (Å²) in [5, 5.41) is 2.92. The Bertz CT molecular complexity index is 1640. The molecule has 226 valence electrons. The molecule has 0 saturated heterocycles. The summed E-state index contributed by atoms with van der Waals surface area (Å²) >= 11 is 36.4. The van der Waals surface area contributed by atoms with Crippen molar-refractivity contribution in [1.29, 1.82) is 0 Å². The van der Waals surface area contributed by atoms with Crippen LogP contribution in [0, 0.1) is 0 Å². The first-order valence-corrected chi connectivity index (χ1v) is 15.8. The van der Waals surface area contributed by atoms with Gasteiger partial charge in [0.05, 0.1) is 47.0 Å². The molecule has 0 amide bonds. The first kappa shape index (κ1) is 34.7. The van der Waals surface area contributed by atoms with E-state index in [0.29, 0.717) is 5.56 Å². The summed E-state index contributed by atoms with van der Waals surface area (Å²) in [6.45, 7) is 5.75. The van der Waals surface area contributed by atoms with Crippen LogP contribution in [0.1, 0.15) is 53.0 Å². The van der Waals surface area contributed by atoms with Gasteiger partial charge in [0.15, 0.2) is 11.5 Å². The van der Waals surface area contributed by atoms with Crippen LogP contribution in [0.5, 0.6) is 11.5 Å². The lowest BCUT2D eigenvalue weighted by molar-refractivity contribution is 0.0682. The van der Waals surface area contributed by atoms with E-state index >= 15 is 0 Å². The van der Waals surface area contributed by atoms with Crippen molar-refractivity contribution in [3.63, 3.8) is 0 Å². The standard InChI is InChI=1S/C27H23Cl6NO7S/c1-27(2,3)34-11-14(12-42(37,38)39)13-4-9-19(40-25(35)15-5-7-17(28)23(32)21(15)30)20(10-13)41-26(36)16-6-8-18(29)24(33)22(16)31/h4-10,14,34H,11-12H2,1-3H3,(H,37,38,39). The number of benzene rings is 3. The van der Waals surface area contributed by atoms with Gasteiger partial charge >= 0.3 is 11.9 Å². The van der Waals surface area contributed by atoms with Gasteiger partial charge in [-0.2, -0.15) is 8.42 Å². The SMILES string of the molecule is CC(C)(C)NCC(CS(=O)(=O)O)c1ccc(OC(=O)c2ccc(Cl)c(Cl)c2Cl)c(OC(=O)c2ccc(Cl)c(Cl)c2Cl)c1. The van der Waals surface area contributed by atoms with Crippen LogP contribution < -0.4 is 14.8 Å². The Morgan fingerprint density at radius 2 is 1.26 bits per heavy atom. The van der Waals surface area contributed by atoms with Crippen molar-refractivity contribution in [3.05, 3.63) is 89.3 Å². The number of nitrogens with one attached hydrogen (secondary N) is 1. The summed E-state index contributed by atoms with van der Waals surface area (Å²) in [5.74, 6) is -3.91. The molecule has 42 heavy (non-hydrogen) atoms. The predicted octanol–water partition coefficient (Wildman–Crippen LogP) is 8.40. The zero-order chi connectivity index (χ0) is 31.6. The molecule has 3 aromatic carbocycles. The highest BCUT2D eigenvalue weighted by Crippen LogP contribution is 2.38. The Morgan fingerprint density at radius 3 is 1.71 bits per heavy atom. The fourth-order valence-corrected chi connectivity index (χ4v) is 5.62. The lowest BCUT2D eigenvalue weighted by Crippen LogP contribution is -2.39. The van der Waals surface area contributed by atoms with E-state index in [-0.39, 0.29) is 59.3 Å². The van der Waals surface area contributed by atoms with Crippen molar-refractivity contribution < 1.29 is 32.0 Å². The quantitative estimate of drug-likeness (QED) is 0.0981. The summed E-state index contributed by atoms with van der Waals surface area (Å²) < 4.78 is 44.4. The van der Waals surface area contributed by atoms with Crippen LogP contribution in [0.25, 0.3) is 0 Å². The molecule has 0 radical (unpaired) electrons. The molecule has 3 rings (SSSR count). The maximum absolute atomic E-state index is 13.2. The summed E-state index contributed by atoms with van der Waals surface area (Å²) in [7, 11) is -4.43. The molecule has 0 aliphatic rings. The van der Waals surface area contributed by atoms with E-state index in [9.17, 15) is 22.6 Å². The molecule has 0 heterocycles. The number of ether oxygens (including phenoxy) is 2. The smallest absolute Gasteiger partial charge is 0.345 e. The Hall–Kier alpha value is -1.79. The summed E-state index contributed by atoms with van der Waals surface area (Å²) in [4.78, 5) is 26.2. The van der Waals surface area contributed by atoms with Gasteiger partial charge in [-0.3, -0.25) is 4.55 Å². The second-order valence-corrected chi connectivity index (χ2v) is 13.8. The molecule has 0 aliphatic heterocycles. The van der Waals surface area contributed by atoms with Crippen molar-refractivity contribution in [3.8, 4) is 11.5 Å². The minimum atomic E-state index is -4.43. The molecule has 8 nitrogen and oxygen atoms in total. The summed E-state index contributed by atoms with van der Waals surface area (Å²) in [6, 6.07) is 9.35. The Balaban J connectivity index is 2.08. The maximum Gasteiger partial charge on any atom is 0.345 e. The van der Waals surface area contributed by atoms with Crippen LogP contribution in [0.15, 0.2) is 42.5 Å². The van der Waals surface area contributed by atoms with Crippen molar-refractivity contribution in [2.45, 2.75) is 32.2 Å². The normalized spacial score (nSPS) is 12.6. The minimum Gasteiger partial charge on any atom is -0.419 e. The van der Waals surface area contributed by atoms with E-state index in [1.807, 2.05) is 20.8 Å². The molecule has 15 heteroatoms. The topological polar surface area (TPSA) is 119 Å². The molecule has 0 aliphatic carbocycles. The zero-order valence-corrected chi connectivity index (χ0v) is 27.5. The van der Waals surface area contributed by atoms with Gasteiger partial charge in [0, 0.05) is 18.0 Å². The third-order valence-electron chi connectivity index (χ3n) is 5.65. The van der Waals surface area contributed by atoms with Crippen LogP contribution in [-0.2, 0) is 10.1 Å². The lowest BCUT2D eigenvalue weighted by Gasteiger charge is -2.25. The van der Waals surface area contributed by atoms with Gasteiger partial charge in [-0.15, -0.1) is 0 Å². The monoisotopic (exact) mass is 715 g/mol. The lowest BCUT2D eigenvalue weighted by atomic mass is 9.98. The van der Waals surface area contributed by atoms with Crippen molar-refractivity contribution in [2.75, 3.05) is 12.3 Å². The summed E-state index contributed by atoms with van der Waals surface area (Å²) in [6.07, 6.45) is 0. The van der Waals surface area contributed by atoms with E-state index in [4.69, 9.17) is 79.1 Å². The highest BCUT2D eigenvalue weighted by molar-refractivity contribution is 7.85. The van der Waals surface area contributed by atoms with Gasteiger partial charge < -0.3 is 14.8 Å². The average molecular weight is 718 g/mol. The van der Waals surface area contributed by atoms with Gasteiger partial charge in [0.1, 0.15) is 0 Å². The number of halogens is 6. The van der Waals surface area contributed by atoms with Crippen LogP contribution >= 0.6 is 69.6 Å². The van der Waals surface area contributed by atoms with E-state index < -0.39 is 39.3 Å². The van der Waals surface area contributed by atoms with E-state index in [1.54, 1.807) is 0 Å². The molecule has 1 atom stereocenters.